The summed E-state index contributed by atoms with van der Waals surface area (Å²) in [5, 5.41) is 2.21. The number of benzene rings is 1. The van der Waals surface area contributed by atoms with E-state index in [0.717, 1.165) is 5.75 Å². The Labute approximate surface area is 135 Å². The van der Waals surface area contributed by atoms with Gasteiger partial charge in [0.15, 0.2) is 0 Å². The van der Waals surface area contributed by atoms with Gasteiger partial charge in [0.25, 0.3) is 0 Å². The molecule has 0 aromatic heterocycles. The average molecular weight is 307 g/mol. The molecule has 21 heavy (non-hydrogen) atoms. The molecule has 0 N–H and O–H groups in total. The average Bonchev–Trinajstić information content (AvgIpc) is 2.53. The largest absolute Gasteiger partial charge is 0.497 e. The molecule has 0 heterocycles. The van der Waals surface area contributed by atoms with Crippen LogP contribution in [0.4, 0.5) is 0 Å². The summed E-state index contributed by atoms with van der Waals surface area (Å²) < 4.78 is 5.15. The Morgan fingerprint density at radius 1 is 0.905 bits per heavy atom. The van der Waals surface area contributed by atoms with E-state index in [9.17, 15) is 0 Å². The molecule has 0 spiro atoms. The predicted octanol–water partition coefficient (Wildman–Crippen LogP) is 6.83. The molecule has 1 rings (SSSR count). The zero-order valence-corrected chi connectivity index (χ0v) is 14.5. The van der Waals surface area contributed by atoms with E-state index in [0.29, 0.717) is 0 Å². The van der Waals surface area contributed by atoms with Gasteiger partial charge < -0.3 is 4.74 Å². The topological polar surface area (TPSA) is 9.23 Å². The summed E-state index contributed by atoms with van der Waals surface area (Å²) in [6.45, 7) is 2.27. The van der Waals surface area contributed by atoms with Crippen LogP contribution in [-0.4, -0.2) is 7.11 Å². The van der Waals surface area contributed by atoms with Gasteiger partial charge in [-0.3, -0.25) is 0 Å². The first-order valence-corrected chi connectivity index (χ1v) is 9.20. The minimum absolute atomic E-state index is 0.919. The number of thioether (sulfide) groups is 1. The van der Waals surface area contributed by atoms with Crippen molar-refractivity contribution in [1.82, 2.24) is 0 Å². The van der Waals surface area contributed by atoms with Gasteiger partial charge in [-0.05, 0) is 42.5 Å². The van der Waals surface area contributed by atoms with Gasteiger partial charge in [-0.15, -0.1) is 0 Å². The first-order valence-electron chi connectivity index (χ1n) is 8.32. The van der Waals surface area contributed by atoms with Gasteiger partial charge in [0.05, 0.1) is 7.11 Å². The number of rotatable bonds is 12. The molecule has 1 aromatic carbocycles. The second kappa shape index (κ2) is 12.8. The summed E-state index contributed by atoms with van der Waals surface area (Å²) in [7, 11) is 1.70. The fourth-order valence-corrected chi connectivity index (χ4v) is 2.93. The van der Waals surface area contributed by atoms with Crippen LogP contribution in [0.1, 0.15) is 64.7 Å². The summed E-state index contributed by atoms with van der Waals surface area (Å²) in [5.74, 6) is 0.919. The Balaban J connectivity index is 1.97. The van der Waals surface area contributed by atoms with E-state index in [-0.39, 0.29) is 0 Å². The molecule has 1 nitrogen and oxygen atoms in total. The van der Waals surface area contributed by atoms with Crippen LogP contribution in [0.3, 0.4) is 0 Å². The van der Waals surface area contributed by atoms with Crippen LogP contribution in [0.2, 0.25) is 0 Å². The fraction of sp³-hybridized carbons (Fsp3) is 0.579. The number of hydrogen-bond acceptors (Lipinski definition) is 2. The van der Waals surface area contributed by atoms with Gasteiger partial charge in [0.1, 0.15) is 5.75 Å². The van der Waals surface area contributed by atoms with Gasteiger partial charge in [0.2, 0.25) is 0 Å². The van der Waals surface area contributed by atoms with Crippen molar-refractivity contribution in [1.29, 1.82) is 0 Å². The molecular weight excluding hydrogens is 276 g/mol. The maximum atomic E-state index is 5.15. The van der Waals surface area contributed by atoms with Crippen molar-refractivity contribution in [2.45, 2.75) is 69.6 Å². The fourth-order valence-electron chi connectivity index (χ4n) is 2.25. The molecule has 0 amide bonds. The monoisotopic (exact) mass is 306 g/mol. The summed E-state index contributed by atoms with van der Waals surface area (Å²) in [6.07, 6.45) is 14.6. The second-order valence-corrected chi connectivity index (χ2v) is 6.41. The third-order valence-electron chi connectivity index (χ3n) is 3.58. The van der Waals surface area contributed by atoms with Crippen molar-refractivity contribution in [3.63, 3.8) is 0 Å². The summed E-state index contributed by atoms with van der Waals surface area (Å²) in [4.78, 5) is 1.27. The third-order valence-corrected chi connectivity index (χ3v) is 4.46. The lowest BCUT2D eigenvalue weighted by Gasteiger charge is -2.01. The zero-order chi connectivity index (χ0) is 15.2. The maximum Gasteiger partial charge on any atom is 0.118 e. The van der Waals surface area contributed by atoms with E-state index in [4.69, 9.17) is 4.74 Å². The van der Waals surface area contributed by atoms with Crippen LogP contribution in [0.15, 0.2) is 40.6 Å². The van der Waals surface area contributed by atoms with Crippen LogP contribution in [0.25, 0.3) is 0 Å². The number of hydrogen-bond donors (Lipinski definition) is 0. The number of allylic oxidation sites excluding steroid dienone is 1. The standard InChI is InChI=1S/C19H30OS/c1-3-4-5-6-7-8-9-10-11-12-17-21-19-15-13-18(20-2)14-16-19/h12-17H,3-11H2,1-2H3/b17-12+. The van der Waals surface area contributed by atoms with Crippen LogP contribution >= 0.6 is 11.8 Å². The van der Waals surface area contributed by atoms with Gasteiger partial charge in [0, 0.05) is 4.90 Å². The van der Waals surface area contributed by atoms with Crippen LogP contribution in [0, 0.1) is 0 Å². The minimum atomic E-state index is 0.919. The zero-order valence-electron chi connectivity index (χ0n) is 13.6. The summed E-state index contributed by atoms with van der Waals surface area (Å²) in [6, 6.07) is 8.22. The molecular formula is C19H30OS. The van der Waals surface area contributed by atoms with E-state index in [1.54, 1.807) is 18.9 Å². The first-order chi connectivity index (χ1) is 10.4. The number of methoxy groups -OCH3 is 1. The van der Waals surface area contributed by atoms with Gasteiger partial charge in [-0.1, -0.05) is 69.7 Å². The number of ether oxygens (including phenoxy) is 1. The SMILES string of the molecule is CCCCCCCCCC/C=C/Sc1ccc(OC)cc1. The Morgan fingerprint density at radius 3 is 2.14 bits per heavy atom. The highest BCUT2D eigenvalue weighted by atomic mass is 32.2. The van der Waals surface area contributed by atoms with Gasteiger partial charge in [-0.25, -0.2) is 0 Å². The van der Waals surface area contributed by atoms with E-state index < -0.39 is 0 Å². The van der Waals surface area contributed by atoms with E-state index in [1.165, 1.54) is 62.7 Å². The number of unbranched alkanes of at least 4 members (excludes halogenated alkanes) is 8. The highest BCUT2D eigenvalue weighted by molar-refractivity contribution is 8.02. The molecule has 118 valence electrons. The van der Waals surface area contributed by atoms with Gasteiger partial charge in [-0.2, -0.15) is 0 Å². The molecule has 2 heteroatoms. The van der Waals surface area contributed by atoms with Crippen molar-refractivity contribution in [3.05, 3.63) is 35.7 Å². The lowest BCUT2D eigenvalue weighted by Crippen LogP contribution is -1.80. The molecule has 0 saturated heterocycles. The lowest BCUT2D eigenvalue weighted by atomic mass is 10.1. The van der Waals surface area contributed by atoms with Crippen molar-refractivity contribution >= 4 is 11.8 Å². The van der Waals surface area contributed by atoms with Gasteiger partial charge >= 0.3 is 0 Å². The molecule has 0 bridgehead atoms. The van der Waals surface area contributed by atoms with E-state index >= 15 is 0 Å². The molecule has 0 unspecified atom stereocenters. The molecule has 0 aliphatic rings. The van der Waals surface area contributed by atoms with E-state index in [1.807, 2.05) is 12.1 Å². The van der Waals surface area contributed by atoms with E-state index in [2.05, 4.69) is 30.5 Å². The second-order valence-electron chi connectivity index (χ2n) is 5.43. The smallest absolute Gasteiger partial charge is 0.118 e. The minimum Gasteiger partial charge on any atom is -0.497 e. The molecule has 1 aromatic rings. The predicted molar refractivity (Wildman–Crippen MR) is 95.2 cm³/mol. The van der Waals surface area contributed by atoms with Crippen LogP contribution < -0.4 is 4.74 Å². The molecule has 0 radical (unpaired) electrons. The normalized spacial score (nSPS) is 11.1. The van der Waals surface area contributed by atoms with Crippen molar-refractivity contribution in [2.24, 2.45) is 0 Å². The quantitative estimate of drug-likeness (QED) is 0.309. The summed E-state index contributed by atoms with van der Waals surface area (Å²) in [5.41, 5.74) is 0. The third kappa shape index (κ3) is 9.62. The highest BCUT2D eigenvalue weighted by Gasteiger charge is 1.93. The molecule has 0 fully saturated rings. The molecule has 0 aliphatic heterocycles. The van der Waals surface area contributed by atoms with Crippen molar-refractivity contribution < 1.29 is 4.74 Å². The van der Waals surface area contributed by atoms with Crippen LogP contribution in [0.5, 0.6) is 5.75 Å². The Bertz CT molecular complexity index is 370. The maximum absolute atomic E-state index is 5.15. The van der Waals surface area contributed by atoms with Crippen molar-refractivity contribution in [3.8, 4) is 5.75 Å². The van der Waals surface area contributed by atoms with Crippen molar-refractivity contribution in [2.75, 3.05) is 7.11 Å². The first kappa shape index (κ1) is 18.2. The Morgan fingerprint density at radius 2 is 1.52 bits per heavy atom. The highest BCUT2D eigenvalue weighted by Crippen LogP contribution is 2.22. The Hall–Kier alpha value is -0.890. The molecule has 0 aliphatic carbocycles. The lowest BCUT2D eigenvalue weighted by molar-refractivity contribution is 0.414. The Kier molecular flexibility index (Phi) is 11.1. The molecule has 0 saturated carbocycles. The van der Waals surface area contributed by atoms with Crippen LogP contribution in [-0.2, 0) is 0 Å². The summed E-state index contributed by atoms with van der Waals surface area (Å²) >= 11 is 1.78. The molecule has 0 atom stereocenters.